The quantitative estimate of drug-likeness (QED) is 0.637. The van der Waals surface area contributed by atoms with E-state index in [1.807, 2.05) is 0 Å². The molecule has 0 bridgehead atoms. The minimum Gasteiger partial charge on any atom is -0.385 e. The van der Waals surface area contributed by atoms with Gasteiger partial charge in [0, 0.05) is 39.9 Å². The standard InChI is InChI=1S/C15H30N2O3S/c1-20-13-5-4-8-16-9-11-17(12-10-16)21(18,19)14-15-6-2-3-7-15/h15H,2-14H2,1H3. The van der Waals surface area contributed by atoms with Crippen LogP contribution in [0.5, 0.6) is 0 Å². The molecule has 0 spiro atoms. The molecule has 1 aliphatic heterocycles. The van der Waals surface area contributed by atoms with Crippen LogP contribution in [0.4, 0.5) is 0 Å². The number of nitrogens with zero attached hydrogens (tertiary/aromatic N) is 2. The Labute approximate surface area is 129 Å². The molecule has 0 amide bonds. The number of sulfonamides is 1. The van der Waals surface area contributed by atoms with Crippen LogP contribution in [0.2, 0.25) is 0 Å². The van der Waals surface area contributed by atoms with Crippen molar-refractivity contribution in [1.29, 1.82) is 0 Å². The van der Waals surface area contributed by atoms with Crippen molar-refractivity contribution in [2.24, 2.45) is 5.92 Å². The molecule has 2 rings (SSSR count). The normalized spacial score (nSPS) is 22.9. The second-order valence-electron chi connectivity index (χ2n) is 6.37. The van der Waals surface area contributed by atoms with Gasteiger partial charge >= 0.3 is 0 Å². The zero-order valence-electron chi connectivity index (χ0n) is 13.3. The summed E-state index contributed by atoms with van der Waals surface area (Å²) < 4.78 is 31.6. The van der Waals surface area contributed by atoms with E-state index in [9.17, 15) is 8.42 Å². The Kier molecular flexibility index (Phi) is 6.92. The highest BCUT2D eigenvalue weighted by molar-refractivity contribution is 7.89. The molecule has 2 aliphatic rings. The third-order valence-corrected chi connectivity index (χ3v) is 6.76. The first-order valence-corrected chi connectivity index (χ1v) is 9.92. The van der Waals surface area contributed by atoms with Crippen molar-refractivity contribution < 1.29 is 13.2 Å². The van der Waals surface area contributed by atoms with Gasteiger partial charge < -0.3 is 9.64 Å². The fraction of sp³-hybridized carbons (Fsp3) is 1.00. The highest BCUT2D eigenvalue weighted by atomic mass is 32.2. The van der Waals surface area contributed by atoms with Crippen LogP contribution < -0.4 is 0 Å². The van der Waals surface area contributed by atoms with Gasteiger partial charge in [-0.25, -0.2) is 8.42 Å². The predicted octanol–water partition coefficient (Wildman–Crippen LogP) is 1.55. The molecule has 0 unspecified atom stereocenters. The van der Waals surface area contributed by atoms with Crippen LogP contribution in [0.15, 0.2) is 0 Å². The van der Waals surface area contributed by atoms with Gasteiger partial charge in [-0.2, -0.15) is 4.31 Å². The molecule has 0 N–H and O–H groups in total. The molecule has 0 atom stereocenters. The molecule has 1 saturated heterocycles. The van der Waals surface area contributed by atoms with Crippen molar-refractivity contribution in [3.8, 4) is 0 Å². The molecule has 0 aromatic heterocycles. The summed E-state index contributed by atoms with van der Waals surface area (Å²) in [7, 11) is -1.30. The Bertz CT molecular complexity index is 386. The van der Waals surface area contributed by atoms with Gasteiger partial charge in [0.25, 0.3) is 0 Å². The molecule has 124 valence electrons. The number of rotatable bonds is 8. The summed E-state index contributed by atoms with van der Waals surface area (Å²) in [6.45, 7) is 4.95. The lowest BCUT2D eigenvalue weighted by Crippen LogP contribution is -2.49. The van der Waals surface area contributed by atoms with E-state index in [1.165, 1.54) is 12.8 Å². The van der Waals surface area contributed by atoms with Crippen LogP contribution >= 0.6 is 0 Å². The lowest BCUT2D eigenvalue weighted by molar-refractivity contribution is 0.165. The number of piperazine rings is 1. The van der Waals surface area contributed by atoms with Crippen LogP contribution in [-0.4, -0.2) is 69.8 Å². The largest absolute Gasteiger partial charge is 0.385 e. The van der Waals surface area contributed by atoms with Gasteiger partial charge in [0.2, 0.25) is 10.0 Å². The maximum Gasteiger partial charge on any atom is 0.214 e. The summed E-state index contributed by atoms with van der Waals surface area (Å²) >= 11 is 0. The van der Waals surface area contributed by atoms with Gasteiger partial charge in [-0.15, -0.1) is 0 Å². The van der Waals surface area contributed by atoms with E-state index in [2.05, 4.69) is 4.90 Å². The summed E-state index contributed by atoms with van der Waals surface area (Å²) in [5.74, 6) is 0.781. The average Bonchev–Trinajstić information content (AvgIpc) is 2.96. The van der Waals surface area contributed by atoms with Crippen LogP contribution in [-0.2, 0) is 14.8 Å². The topological polar surface area (TPSA) is 49.9 Å². The number of hydrogen-bond acceptors (Lipinski definition) is 4. The summed E-state index contributed by atoms with van der Waals surface area (Å²) in [6.07, 6.45) is 6.81. The van der Waals surface area contributed by atoms with Gasteiger partial charge in [-0.1, -0.05) is 12.8 Å². The third kappa shape index (κ3) is 5.51. The molecule has 1 heterocycles. The van der Waals surface area contributed by atoms with Crippen LogP contribution in [0.3, 0.4) is 0 Å². The van der Waals surface area contributed by atoms with Crippen LogP contribution in [0, 0.1) is 5.92 Å². The van der Waals surface area contributed by atoms with Crippen LogP contribution in [0.25, 0.3) is 0 Å². The SMILES string of the molecule is COCCCCN1CCN(S(=O)(=O)CC2CCCC2)CC1. The first-order chi connectivity index (χ1) is 10.1. The average molecular weight is 318 g/mol. The van der Waals surface area contributed by atoms with E-state index < -0.39 is 10.0 Å². The van der Waals surface area contributed by atoms with Crippen molar-refractivity contribution in [3.63, 3.8) is 0 Å². The second kappa shape index (κ2) is 8.46. The van der Waals surface area contributed by atoms with Crippen molar-refractivity contribution >= 4 is 10.0 Å². The Morgan fingerprint density at radius 1 is 1.05 bits per heavy atom. The lowest BCUT2D eigenvalue weighted by Gasteiger charge is -2.34. The maximum absolute atomic E-state index is 12.4. The molecule has 0 aromatic rings. The fourth-order valence-electron chi connectivity index (χ4n) is 3.39. The van der Waals surface area contributed by atoms with Gasteiger partial charge in [0.15, 0.2) is 0 Å². The molecule has 6 heteroatoms. The van der Waals surface area contributed by atoms with E-state index in [-0.39, 0.29) is 0 Å². The molecular weight excluding hydrogens is 288 g/mol. The summed E-state index contributed by atoms with van der Waals surface area (Å²) in [5, 5.41) is 0. The monoisotopic (exact) mass is 318 g/mol. The second-order valence-corrected chi connectivity index (χ2v) is 8.38. The van der Waals surface area contributed by atoms with Crippen molar-refractivity contribution in [2.75, 3.05) is 52.2 Å². The number of unbranched alkanes of at least 4 members (excludes halogenated alkanes) is 1. The highest BCUT2D eigenvalue weighted by Crippen LogP contribution is 2.27. The molecular formula is C15H30N2O3S. The van der Waals surface area contributed by atoms with Crippen molar-refractivity contribution in [1.82, 2.24) is 9.21 Å². The lowest BCUT2D eigenvalue weighted by atomic mass is 10.1. The van der Waals surface area contributed by atoms with E-state index in [4.69, 9.17) is 4.74 Å². The Balaban J connectivity index is 1.69. The Morgan fingerprint density at radius 3 is 2.33 bits per heavy atom. The van der Waals surface area contributed by atoms with Crippen LogP contribution in [0.1, 0.15) is 38.5 Å². The molecule has 1 saturated carbocycles. The molecule has 0 aromatic carbocycles. The van der Waals surface area contributed by atoms with Gasteiger partial charge in [0.1, 0.15) is 0 Å². The summed E-state index contributed by atoms with van der Waals surface area (Å²) in [5.41, 5.74) is 0. The number of methoxy groups -OCH3 is 1. The smallest absolute Gasteiger partial charge is 0.214 e. The van der Waals surface area contributed by atoms with Crippen molar-refractivity contribution in [3.05, 3.63) is 0 Å². The first-order valence-electron chi connectivity index (χ1n) is 8.31. The summed E-state index contributed by atoms with van der Waals surface area (Å²) in [6, 6.07) is 0. The Morgan fingerprint density at radius 2 is 1.71 bits per heavy atom. The molecule has 2 fully saturated rings. The highest BCUT2D eigenvalue weighted by Gasteiger charge is 2.30. The molecule has 1 aliphatic carbocycles. The van der Waals surface area contributed by atoms with E-state index in [0.29, 0.717) is 24.8 Å². The predicted molar refractivity (Wildman–Crippen MR) is 84.9 cm³/mol. The van der Waals surface area contributed by atoms with E-state index in [0.717, 1.165) is 51.9 Å². The zero-order valence-corrected chi connectivity index (χ0v) is 14.1. The molecule has 0 radical (unpaired) electrons. The van der Waals surface area contributed by atoms with Crippen molar-refractivity contribution in [2.45, 2.75) is 38.5 Å². The van der Waals surface area contributed by atoms with E-state index >= 15 is 0 Å². The maximum atomic E-state index is 12.4. The minimum absolute atomic E-state index is 0.376. The number of ether oxygens (including phenoxy) is 1. The molecule has 5 nitrogen and oxygen atoms in total. The Hall–Kier alpha value is -0.170. The van der Waals surface area contributed by atoms with E-state index in [1.54, 1.807) is 11.4 Å². The third-order valence-electron chi connectivity index (χ3n) is 4.72. The fourth-order valence-corrected chi connectivity index (χ4v) is 5.25. The van der Waals surface area contributed by atoms with Gasteiger partial charge in [-0.05, 0) is 38.1 Å². The zero-order chi connectivity index (χ0) is 15.1. The first kappa shape index (κ1) is 17.2. The summed E-state index contributed by atoms with van der Waals surface area (Å²) in [4.78, 5) is 2.37. The minimum atomic E-state index is -3.03. The van der Waals surface area contributed by atoms with Gasteiger partial charge in [0.05, 0.1) is 5.75 Å². The van der Waals surface area contributed by atoms with Gasteiger partial charge in [-0.3, -0.25) is 0 Å². The number of hydrogen-bond donors (Lipinski definition) is 0. The molecule has 21 heavy (non-hydrogen) atoms.